The summed E-state index contributed by atoms with van der Waals surface area (Å²) in [6.45, 7) is 0. The molecule has 5 heteroatoms. The summed E-state index contributed by atoms with van der Waals surface area (Å²) in [7, 11) is 0. The highest BCUT2D eigenvalue weighted by Gasteiger charge is 2.04. The van der Waals surface area contributed by atoms with E-state index < -0.39 is 0 Å². The van der Waals surface area contributed by atoms with E-state index >= 15 is 0 Å². The molecular formula is C10H7N3S2. The van der Waals surface area contributed by atoms with Crippen LogP contribution < -0.4 is 5.32 Å². The summed E-state index contributed by atoms with van der Waals surface area (Å²) in [5.74, 6) is 0.878. The van der Waals surface area contributed by atoms with Gasteiger partial charge in [0, 0.05) is 27.9 Å². The number of aromatic nitrogens is 2. The average Bonchev–Trinajstić information content (AvgIpc) is 2.87. The number of rotatable bonds is 2. The van der Waals surface area contributed by atoms with Gasteiger partial charge in [-0.3, -0.25) is 0 Å². The molecule has 0 aliphatic rings. The highest BCUT2D eigenvalue weighted by molar-refractivity contribution is 7.17. The fourth-order valence-corrected chi connectivity index (χ4v) is 2.69. The molecule has 3 rings (SSSR count). The van der Waals surface area contributed by atoms with E-state index in [1.165, 1.54) is 4.70 Å². The summed E-state index contributed by atoms with van der Waals surface area (Å²) in [6.07, 6.45) is 3.59. The van der Waals surface area contributed by atoms with Gasteiger partial charge < -0.3 is 5.32 Å². The van der Waals surface area contributed by atoms with Gasteiger partial charge in [0.25, 0.3) is 0 Å². The van der Waals surface area contributed by atoms with Crippen molar-refractivity contribution in [1.82, 2.24) is 9.97 Å². The molecule has 0 fully saturated rings. The Bertz CT molecular complexity index is 571. The lowest BCUT2D eigenvalue weighted by atomic mass is 10.3. The number of hydrogen-bond acceptors (Lipinski definition) is 5. The lowest BCUT2D eigenvalue weighted by Gasteiger charge is -2.02. The third-order valence-corrected chi connectivity index (χ3v) is 3.61. The van der Waals surface area contributed by atoms with Crippen LogP contribution >= 0.6 is 22.7 Å². The number of nitrogens with zero attached hydrogens (tertiary/aromatic N) is 2. The van der Waals surface area contributed by atoms with E-state index in [0.717, 1.165) is 16.3 Å². The van der Waals surface area contributed by atoms with Crippen molar-refractivity contribution in [2.24, 2.45) is 0 Å². The molecule has 0 aliphatic heterocycles. The number of thiophene rings is 1. The molecule has 0 bridgehead atoms. The largest absolute Gasteiger partial charge is 0.316 e. The lowest BCUT2D eigenvalue weighted by Crippen LogP contribution is -1.92. The standard InChI is InChI=1S/C10H7N3S2/c1-3-11-9(7-2-5-14-8(1)7)13-10-12-4-6-15-10/h1-6H,(H,11,12,13). The number of pyridine rings is 1. The molecule has 3 aromatic heterocycles. The van der Waals surface area contributed by atoms with Gasteiger partial charge in [0.15, 0.2) is 5.13 Å². The molecule has 0 radical (unpaired) electrons. The summed E-state index contributed by atoms with van der Waals surface area (Å²) in [6, 6.07) is 4.09. The summed E-state index contributed by atoms with van der Waals surface area (Å²) in [4.78, 5) is 8.49. The van der Waals surface area contributed by atoms with E-state index in [-0.39, 0.29) is 0 Å². The molecule has 0 aliphatic carbocycles. The van der Waals surface area contributed by atoms with Gasteiger partial charge in [0.1, 0.15) is 5.82 Å². The molecule has 0 aromatic carbocycles. The Morgan fingerprint density at radius 3 is 2.87 bits per heavy atom. The van der Waals surface area contributed by atoms with E-state index in [1.807, 2.05) is 17.6 Å². The van der Waals surface area contributed by atoms with Gasteiger partial charge in [-0.25, -0.2) is 9.97 Å². The number of nitrogens with one attached hydrogen (secondary N) is 1. The van der Waals surface area contributed by atoms with Crippen molar-refractivity contribution in [3.05, 3.63) is 35.3 Å². The Labute approximate surface area is 94.4 Å². The van der Waals surface area contributed by atoms with Crippen LogP contribution in [0.3, 0.4) is 0 Å². The first-order chi connectivity index (χ1) is 7.43. The predicted molar refractivity (Wildman–Crippen MR) is 65.0 cm³/mol. The molecule has 0 amide bonds. The second kappa shape index (κ2) is 3.60. The fourth-order valence-electron chi connectivity index (χ4n) is 1.38. The van der Waals surface area contributed by atoms with Crippen molar-refractivity contribution >= 4 is 43.7 Å². The summed E-state index contributed by atoms with van der Waals surface area (Å²) < 4.78 is 1.24. The highest BCUT2D eigenvalue weighted by atomic mass is 32.1. The number of anilines is 2. The zero-order chi connectivity index (χ0) is 10.1. The average molecular weight is 233 g/mol. The van der Waals surface area contributed by atoms with E-state index in [1.54, 1.807) is 28.9 Å². The minimum atomic E-state index is 0.876. The molecule has 0 atom stereocenters. The first kappa shape index (κ1) is 8.82. The normalized spacial score (nSPS) is 10.7. The van der Waals surface area contributed by atoms with Gasteiger partial charge in [-0.2, -0.15) is 0 Å². The van der Waals surface area contributed by atoms with Crippen LogP contribution in [0.15, 0.2) is 35.3 Å². The smallest absolute Gasteiger partial charge is 0.188 e. The molecule has 74 valence electrons. The minimum absolute atomic E-state index is 0.876. The fraction of sp³-hybridized carbons (Fsp3) is 0. The molecular weight excluding hydrogens is 226 g/mol. The topological polar surface area (TPSA) is 37.8 Å². The van der Waals surface area contributed by atoms with E-state index in [4.69, 9.17) is 0 Å². The zero-order valence-corrected chi connectivity index (χ0v) is 9.31. The van der Waals surface area contributed by atoms with Crippen LogP contribution in [0, 0.1) is 0 Å². The third-order valence-electron chi connectivity index (χ3n) is 2.04. The molecule has 1 N–H and O–H groups in total. The van der Waals surface area contributed by atoms with Crippen LogP contribution in [-0.4, -0.2) is 9.97 Å². The Kier molecular flexibility index (Phi) is 2.12. The van der Waals surface area contributed by atoms with Crippen LogP contribution in [0.2, 0.25) is 0 Å². The summed E-state index contributed by atoms with van der Waals surface area (Å²) >= 11 is 3.29. The van der Waals surface area contributed by atoms with E-state index in [2.05, 4.69) is 26.7 Å². The van der Waals surface area contributed by atoms with Crippen LogP contribution in [0.25, 0.3) is 10.1 Å². The summed E-state index contributed by atoms with van der Waals surface area (Å²) in [5.41, 5.74) is 0. The van der Waals surface area contributed by atoms with Crippen LogP contribution in [-0.2, 0) is 0 Å². The molecule has 3 aromatic rings. The molecule has 15 heavy (non-hydrogen) atoms. The van der Waals surface area contributed by atoms with Crippen LogP contribution in [0.4, 0.5) is 10.9 Å². The predicted octanol–water partition coefficient (Wildman–Crippen LogP) is 3.50. The Morgan fingerprint density at radius 2 is 2.00 bits per heavy atom. The minimum Gasteiger partial charge on any atom is -0.316 e. The lowest BCUT2D eigenvalue weighted by molar-refractivity contribution is 1.31. The SMILES string of the molecule is c1csc(Nc2nccc3sccc23)n1. The van der Waals surface area contributed by atoms with Crippen molar-refractivity contribution in [2.45, 2.75) is 0 Å². The van der Waals surface area contributed by atoms with Crippen molar-refractivity contribution < 1.29 is 0 Å². The van der Waals surface area contributed by atoms with Crippen molar-refractivity contribution in [1.29, 1.82) is 0 Å². The maximum atomic E-state index is 4.32. The van der Waals surface area contributed by atoms with Crippen molar-refractivity contribution in [3.8, 4) is 0 Å². The Hall–Kier alpha value is -1.46. The van der Waals surface area contributed by atoms with E-state index in [0.29, 0.717) is 0 Å². The molecule has 0 spiro atoms. The molecule has 3 heterocycles. The number of thiazole rings is 1. The first-order valence-corrected chi connectivity index (χ1v) is 6.18. The Morgan fingerprint density at radius 1 is 1.00 bits per heavy atom. The van der Waals surface area contributed by atoms with Gasteiger partial charge in [-0.15, -0.1) is 22.7 Å². The molecule has 0 unspecified atom stereocenters. The number of fused-ring (bicyclic) bond motifs is 1. The van der Waals surface area contributed by atoms with Crippen molar-refractivity contribution in [2.75, 3.05) is 5.32 Å². The highest BCUT2D eigenvalue weighted by Crippen LogP contribution is 2.28. The maximum absolute atomic E-state index is 4.32. The quantitative estimate of drug-likeness (QED) is 0.736. The monoisotopic (exact) mass is 233 g/mol. The maximum Gasteiger partial charge on any atom is 0.188 e. The van der Waals surface area contributed by atoms with Gasteiger partial charge in [-0.05, 0) is 17.5 Å². The van der Waals surface area contributed by atoms with Crippen LogP contribution in [0.1, 0.15) is 0 Å². The molecule has 0 saturated heterocycles. The summed E-state index contributed by atoms with van der Waals surface area (Å²) in [5, 5.41) is 9.25. The third kappa shape index (κ3) is 1.60. The van der Waals surface area contributed by atoms with Gasteiger partial charge in [0.05, 0.1) is 0 Å². The van der Waals surface area contributed by atoms with Crippen LogP contribution in [0.5, 0.6) is 0 Å². The number of hydrogen-bond donors (Lipinski definition) is 1. The Balaban J connectivity index is 2.07. The van der Waals surface area contributed by atoms with E-state index in [9.17, 15) is 0 Å². The zero-order valence-electron chi connectivity index (χ0n) is 7.68. The van der Waals surface area contributed by atoms with Gasteiger partial charge in [-0.1, -0.05) is 0 Å². The second-order valence-electron chi connectivity index (χ2n) is 2.95. The molecule has 0 saturated carbocycles. The van der Waals surface area contributed by atoms with Gasteiger partial charge >= 0.3 is 0 Å². The molecule has 3 nitrogen and oxygen atoms in total. The first-order valence-electron chi connectivity index (χ1n) is 4.42. The van der Waals surface area contributed by atoms with Gasteiger partial charge in [0.2, 0.25) is 0 Å². The second-order valence-corrected chi connectivity index (χ2v) is 4.80. The van der Waals surface area contributed by atoms with Crippen molar-refractivity contribution in [3.63, 3.8) is 0 Å².